The molecule has 1 unspecified atom stereocenters. The van der Waals surface area contributed by atoms with Crippen molar-refractivity contribution >= 4 is 5.97 Å². The summed E-state index contributed by atoms with van der Waals surface area (Å²) in [5.41, 5.74) is 1.09. The predicted molar refractivity (Wildman–Crippen MR) is 64.9 cm³/mol. The molecule has 1 rings (SSSR count). The normalized spacial score (nSPS) is 12.0. The van der Waals surface area contributed by atoms with Crippen LogP contribution in [0.5, 0.6) is 11.5 Å². The van der Waals surface area contributed by atoms with Crippen molar-refractivity contribution in [2.45, 2.75) is 20.0 Å². The first-order valence-corrected chi connectivity index (χ1v) is 5.56. The first kappa shape index (κ1) is 14.3. The van der Waals surface area contributed by atoms with Crippen LogP contribution < -0.4 is 9.47 Å². The van der Waals surface area contributed by atoms with Gasteiger partial charge < -0.3 is 14.6 Å². The molecule has 1 N–H and O–H groups in total. The maximum absolute atomic E-state index is 12.8. The Kier molecular flexibility index (Phi) is 4.95. The van der Waals surface area contributed by atoms with E-state index < -0.39 is 18.6 Å². The van der Waals surface area contributed by atoms with E-state index in [9.17, 15) is 9.18 Å². The average molecular weight is 256 g/mol. The molecule has 0 radical (unpaired) electrons. The van der Waals surface area contributed by atoms with Crippen LogP contribution in [-0.2, 0) is 17.9 Å². The third-order valence-corrected chi connectivity index (χ3v) is 2.78. The van der Waals surface area contributed by atoms with Crippen molar-refractivity contribution in [3.05, 3.63) is 23.3 Å². The summed E-state index contributed by atoms with van der Waals surface area (Å²) < 4.78 is 23.0. The van der Waals surface area contributed by atoms with Crippen molar-refractivity contribution in [3.63, 3.8) is 0 Å². The monoisotopic (exact) mass is 256 g/mol. The molecule has 0 amide bonds. The molecule has 1 aromatic rings. The van der Waals surface area contributed by atoms with Crippen LogP contribution in [0, 0.1) is 5.92 Å². The lowest BCUT2D eigenvalue weighted by atomic mass is 9.98. The third-order valence-electron chi connectivity index (χ3n) is 2.78. The molecule has 5 heteroatoms. The van der Waals surface area contributed by atoms with Crippen LogP contribution in [-0.4, -0.2) is 25.3 Å². The number of alkyl halides is 1. The molecule has 0 aliphatic carbocycles. The van der Waals surface area contributed by atoms with E-state index in [4.69, 9.17) is 14.6 Å². The minimum Gasteiger partial charge on any atom is -0.496 e. The predicted octanol–water partition coefficient (Wildman–Crippen LogP) is 2.44. The Balaban J connectivity index is 3.13. The third kappa shape index (κ3) is 3.12. The smallest absolute Gasteiger partial charge is 0.306 e. The van der Waals surface area contributed by atoms with E-state index in [1.165, 1.54) is 14.2 Å². The average Bonchev–Trinajstić information content (AvgIpc) is 2.37. The zero-order valence-electron chi connectivity index (χ0n) is 10.7. The summed E-state index contributed by atoms with van der Waals surface area (Å²) in [6.07, 6.45) is 0.307. The molecular weight excluding hydrogens is 239 g/mol. The highest BCUT2D eigenvalue weighted by Crippen LogP contribution is 2.31. The van der Waals surface area contributed by atoms with Crippen molar-refractivity contribution in [1.29, 1.82) is 0 Å². The van der Waals surface area contributed by atoms with Gasteiger partial charge in [0.1, 0.15) is 18.2 Å². The van der Waals surface area contributed by atoms with Crippen LogP contribution >= 0.6 is 0 Å². The van der Waals surface area contributed by atoms with Crippen molar-refractivity contribution in [2.24, 2.45) is 5.92 Å². The number of carbonyl (C=O) groups is 1. The van der Waals surface area contributed by atoms with Gasteiger partial charge in [-0.3, -0.25) is 4.79 Å². The van der Waals surface area contributed by atoms with Crippen molar-refractivity contribution < 1.29 is 23.8 Å². The molecule has 0 bridgehead atoms. The lowest BCUT2D eigenvalue weighted by Crippen LogP contribution is -2.13. The summed E-state index contributed by atoms with van der Waals surface area (Å²) in [7, 11) is 2.92. The standard InChI is InChI=1S/C13H17FO4/c1-8(13(15)16)4-9-5-12(18-3)10(7-14)6-11(9)17-2/h5-6,8H,4,7H2,1-3H3,(H,15,16). The van der Waals surface area contributed by atoms with Gasteiger partial charge in [0.15, 0.2) is 0 Å². The minimum atomic E-state index is -0.884. The number of hydrogen-bond donors (Lipinski definition) is 1. The summed E-state index contributed by atoms with van der Waals surface area (Å²) in [5.74, 6) is -0.534. The van der Waals surface area contributed by atoms with E-state index in [0.717, 1.165) is 0 Å². The molecule has 0 fully saturated rings. The summed E-state index contributed by atoms with van der Waals surface area (Å²) in [6, 6.07) is 3.18. The first-order chi connectivity index (χ1) is 8.53. The van der Waals surface area contributed by atoms with Gasteiger partial charge in [0.25, 0.3) is 0 Å². The molecule has 0 spiro atoms. The number of ether oxygens (including phenoxy) is 2. The van der Waals surface area contributed by atoms with Gasteiger partial charge in [-0.05, 0) is 24.1 Å². The molecule has 18 heavy (non-hydrogen) atoms. The number of carboxylic acid groups (broad SMARTS) is 1. The van der Waals surface area contributed by atoms with Gasteiger partial charge in [-0.2, -0.15) is 0 Å². The highest BCUT2D eigenvalue weighted by molar-refractivity contribution is 5.70. The molecule has 0 heterocycles. The molecule has 4 nitrogen and oxygen atoms in total. The molecule has 1 atom stereocenters. The molecule has 0 aliphatic rings. The molecular formula is C13H17FO4. The molecule has 0 aromatic heterocycles. The minimum absolute atomic E-state index is 0.307. The Labute approximate surface area is 105 Å². The van der Waals surface area contributed by atoms with E-state index in [1.807, 2.05) is 0 Å². The zero-order chi connectivity index (χ0) is 13.7. The fourth-order valence-corrected chi connectivity index (χ4v) is 1.71. The Bertz CT molecular complexity index is 431. The fourth-order valence-electron chi connectivity index (χ4n) is 1.71. The van der Waals surface area contributed by atoms with Crippen LogP contribution in [0.3, 0.4) is 0 Å². The second-order valence-corrected chi connectivity index (χ2v) is 4.05. The van der Waals surface area contributed by atoms with Crippen molar-refractivity contribution in [1.82, 2.24) is 0 Å². The van der Waals surface area contributed by atoms with Gasteiger partial charge in [0.05, 0.1) is 20.1 Å². The summed E-state index contributed by atoms with van der Waals surface area (Å²) in [6.45, 7) is 0.950. The van der Waals surface area contributed by atoms with E-state index in [-0.39, 0.29) is 0 Å². The highest BCUT2D eigenvalue weighted by Gasteiger charge is 2.17. The number of hydrogen-bond acceptors (Lipinski definition) is 3. The lowest BCUT2D eigenvalue weighted by Gasteiger charge is -2.15. The van der Waals surface area contributed by atoms with Gasteiger partial charge in [-0.15, -0.1) is 0 Å². The van der Waals surface area contributed by atoms with Crippen LogP contribution in [0.4, 0.5) is 4.39 Å². The van der Waals surface area contributed by atoms with E-state index in [2.05, 4.69) is 0 Å². The lowest BCUT2D eigenvalue weighted by molar-refractivity contribution is -0.141. The molecule has 0 saturated heterocycles. The van der Waals surface area contributed by atoms with Gasteiger partial charge in [-0.1, -0.05) is 6.92 Å². The van der Waals surface area contributed by atoms with Gasteiger partial charge in [0.2, 0.25) is 0 Å². The number of benzene rings is 1. The Morgan fingerprint density at radius 1 is 1.28 bits per heavy atom. The number of methoxy groups -OCH3 is 2. The van der Waals surface area contributed by atoms with Crippen LogP contribution in [0.25, 0.3) is 0 Å². The van der Waals surface area contributed by atoms with Crippen molar-refractivity contribution in [3.8, 4) is 11.5 Å². The Morgan fingerprint density at radius 2 is 1.78 bits per heavy atom. The Morgan fingerprint density at radius 3 is 2.22 bits per heavy atom. The topological polar surface area (TPSA) is 55.8 Å². The highest BCUT2D eigenvalue weighted by atomic mass is 19.1. The van der Waals surface area contributed by atoms with Crippen LogP contribution in [0.1, 0.15) is 18.1 Å². The fraction of sp³-hybridized carbons (Fsp3) is 0.462. The largest absolute Gasteiger partial charge is 0.496 e. The summed E-state index contributed by atoms with van der Waals surface area (Å²) in [4.78, 5) is 10.8. The quantitative estimate of drug-likeness (QED) is 0.849. The van der Waals surface area contributed by atoms with E-state index in [0.29, 0.717) is 29.0 Å². The summed E-state index contributed by atoms with van der Waals surface area (Å²) >= 11 is 0. The molecule has 1 aromatic carbocycles. The molecule has 100 valence electrons. The number of rotatable bonds is 6. The SMILES string of the molecule is COc1cc(CC(C)C(=O)O)c(OC)cc1CF. The number of halogens is 1. The van der Waals surface area contributed by atoms with Crippen LogP contribution in [0.2, 0.25) is 0 Å². The number of carboxylic acids is 1. The van der Waals surface area contributed by atoms with E-state index >= 15 is 0 Å². The second-order valence-electron chi connectivity index (χ2n) is 4.05. The molecule has 0 aliphatic heterocycles. The number of aliphatic carboxylic acids is 1. The maximum atomic E-state index is 12.8. The van der Waals surface area contributed by atoms with Crippen LogP contribution in [0.15, 0.2) is 12.1 Å². The van der Waals surface area contributed by atoms with Gasteiger partial charge in [-0.25, -0.2) is 4.39 Å². The van der Waals surface area contributed by atoms with Crippen molar-refractivity contribution in [2.75, 3.05) is 14.2 Å². The molecule has 0 saturated carbocycles. The van der Waals surface area contributed by atoms with Gasteiger partial charge >= 0.3 is 5.97 Å². The zero-order valence-corrected chi connectivity index (χ0v) is 10.7. The Hall–Kier alpha value is -1.78. The van der Waals surface area contributed by atoms with Gasteiger partial charge in [0, 0.05) is 5.56 Å². The summed E-state index contributed by atoms with van der Waals surface area (Å²) in [5, 5.41) is 8.90. The maximum Gasteiger partial charge on any atom is 0.306 e. The van der Waals surface area contributed by atoms with E-state index in [1.54, 1.807) is 19.1 Å². The first-order valence-electron chi connectivity index (χ1n) is 5.56. The second kappa shape index (κ2) is 6.23.